The van der Waals surface area contributed by atoms with Crippen LogP contribution in [-0.4, -0.2) is 60.7 Å². The molecule has 0 radical (unpaired) electrons. The molecule has 1 aromatic heterocycles. The van der Waals surface area contributed by atoms with Gasteiger partial charge in [0.15, 0.2) is 17.4 Å². The maximum atomic E-state index is 14.5. The fourth-order valence-corrected chi connectivity index (χ4v) is 3.61. The number of carbonyl (C=O) groups is 1. The Balaban J connectivity index is 1.59. The molecule has 2 aliphatic heterocycles. The van der Waals surface area contributed by atoms with Crippen molar-refractivity contribution in [2.75, 3.05) is 44.9 Å². The number of nitrogens with zero attached hydrogens (tertiary/aromatic N) is 4. The summed E-state index contributed by atoms with van der Waals surface area (Å²) in [5.74, 6) is -2.04. The molecule has 1 fully saturated rings. The normalized spacial score (nSPS) is 16.7. The monoisotopic (exact) mass is 390 g/mol. The van der Waals surface area contributed by atoms with Crippen LogP contribution in [0.25, 0.3) is 0 Å². The summed E-state index contributed by atoms with van der Waals surface area (Å²) in [6.07, 6.45) is 2.05. The minimum Gasteiger partial charge on any atom is -0.491 e. The summed E-state index contributed by atoms with van der Waals surface area (Å²) in [4.78, 5) is 25.3. The Kier molecular flexibility index (Phi) is 5.08. The SMILES string of the molecule is COc1c(F)ccc(C(=O)N2CCc3c(ncnc3N3CCOCC3)C2)c1F. The highest BCUT2D eigenvalue weighted by Crippen LogP contribution is 2.29. The number of ether oxygens (including phenoxy) is 2. The van der Waals surface area contributed by atoms with E-state index in [1.807, 2.05) is 0 Å². The van der Waals surface area contributed by atoms with E-state index in [4.69, 9.17) is 9.47 Å². The summed E-state index contributed by atoms with van der Waals surface area (Å²) in [7, 11) is 1.16. The molecule has 148 valence electrons. The molecular weight excluding hydrogens is 370 g/mol. The van der Waals surface area contributed by atoms with Crippen molar-refractivity contribution in [1.82, 2.24) is 14.9 Å². The first-order valence-corrected chi connectivity index (χ1v) is 9.07. The highest BCUT2D eigenvalue weighted by molar-refractivity contribution is 5.95. The van der Waals surface area contributed by atoms with Gasteiger partial charge in [-0.2, -0.15) is 0 Å². The van der Waals surface area contributed by atoms with Crippen molar-refractivity contribution in [3.63, 3.8) is 0 Å². The van der Waals surface area contributed by atoms with E-state index in [2.05, 4.69) is 14.9 Å². The first kappa shape index (κ1) is 18.5. The smallest absolute Gasteiger partial charge is 0.257 e. The number of hydrogen-bond acceptors (Lipinski definition) is 6. The molecule has 1 amide bonds. The second kappa shape index (κ2) is 7.67. The minimum atomic E-state index is -0.991. The van der Waals surface area contributed by atoms with Gasteiger partial charge in [-0.25, -0.2) is 18.7 Å². The summed E-state index contributed by atoms with van der Waals surface area (Å²) < 4.78 is 38.2. The Bertz CT molecular complexity index is 903. The zero-order valence-corrected chi connectivity index (χ0v) is 15.5. The van der Waals surface area contributed by atoms with Crippen molar-refractivity contribution in [2.45, 2.75) is 13.0 Å². The number of morpholine rings is 1. The number of rotatable bonds is 3. The van der Waals surface area contributed by atoms with Gasteiger partial charge in [-0.1, -0.05) is 0 Å². The van der Waals surface area contributed by atoms with Crippen molar-refractivity contribution in [2.24, 2.45) is 0 Å². The molecule has 2 aliphatic rings. The van der Waals surface area contributed by atoms with Crippen LogP contribution in [0.4, 0.5) is 14.6 Å². The van der Waals surface area contributed by atoms with Crippen LogP contribution in [0.5, 0.6) is 5.75 Å². The Morgan fingerprint density at radius 2 is 1.96 bits per heavy atom. The van der Waals surface area contributed by atoms with Gasteiger partial charge in [-0.15, -0.1) is 0 Å². The number of aromatic nitrogens is 2. The molecule has 28 heavy (non-hydrogen) atoms. The molecule has 1 aromatic carbocycles. The van der Waals surface area contributed by atoms with Gasteiger partial charge in [0.05, 0.1) is 38.1 Å². The van der Waals surface area contributed by atoms with Crippen LogP contribution in [0.3, 0.4) is 0 Å². The van der Waals surface area contributed by atoms with Gasteiger partial charge >= 0.3 is 0 Å². The molecule has 1 saturated heterocycles. The predicted octanol–water partition coefficient (Wildman–Crippen LogP) is 1.80. The molecule has 0 saturated carbocycles. The standard InChI is InChI=1S/C19H20F2N4O3/c1-27-17-14(20)3-2-13(16(17)21)19(26)25-5-4-12-15(10-25)22-11-23-18(12)24-6-8-28-9-7-24/h2-3,11H,4-10H2,1H3. The van der Waals surface area contributed by atoms with Crippen LogP contribution < -0.4 is 9.64 Å². The number of amides is 1. The van der Waals surface area contributed by atoms with Crippen LogP contribution in [-0.2, 0) is 17.7 Å². The van der Waals surface area contributed by atoms with E-state index in [9.17, 15) is 13.6 Å². The van der Waals surface area contributed by atoms with E-state index in [1.54, 1.807) is 0 Å². The quantitative estimate of drug-likeness (QED) is 0.796. The van der Waals surface area contributed by atoms with E-state index >= 15 is 0 Å². The van der Waals surface area contributed by atoms with E-state index in [0.717, 1.165) is 49.4 Å². The third kappa shape index (κ3) is 3.26. The summed E-state index contributed by atoms with van der Waals surface area (Å²) >= 11 is 0. The fraction of sp³-hybridized carbons (Fsp3) is 0.421. The maximum absolute atomic E-state index is 14.5. The third-order valence-electron chi connectivity index (χ3n) is 5.07. The molecule has 4 rings (SSSR count). The highest BCUT2D eigenvalue weighted by atomic mass is 19.1. The van der Waals surface area contributed by atoms with E-state index in [-0.39, 0.29) is 12.1 Å². The summed E-state index contributed by atoms with van der Waals surface area (Å²) in [5, 5.41) is 0. The van der Waals surface area contributed by atoms with Gasteiger partial charge in [-0.3, -0.25) is 4.79 Å². The van der Waals surface area contributed by atoms with Crippen LogP contribution in [0.15, 0.2) is 18.5 Å². The number of anilines is 1. The lowest BCUT2D eigenvalue weighted by Crippen LogP contribution is -2.40. The molecule has 2 aromatic rings. The first-order chi connectivity index (χ1) is 13.6. The predicted molar refractivity (Wildman–Crippen MR) is 96.4 cm³/mol. The summed E-state index contributed by atoms with van der Waals surface area (Å²) in [6.45, 7) is 3.45. The lowest BCUT2D eigenvalue weighted by molar-refractivity contribution is 0.0725. The Morgan fingerprint density at radius 3 is 2.71 bits per heavy atom. The number of fused-ring (bicyclic) bond motifs is 1. The number of hydrogen-bond donors (Lipinski definition) is 0. The molecule has 3 heterocycles. The van der Waals surface area contributed by atoms with Crippen molar-refractivity contribution in [1.29, 1.82) is 0 Å². The second-order valence-electron chi connectivity index (χ2n) is 6.64. The minimum absolute atomic E-state index is 0.218. The van der Waals surface area contributed by atoms with Gasteiger partial charge in [0.1, 0.15) is 12.1 Å². The Hall–Kier alpha value is -2.81. The van der Waals surface area contributed by atoms with Gasteiger partial charge in [0.2, 0.25) is 0 Å². The topological polar surface area (TPSA) is 67.8 Å². The lowest BCUT2D eigenvalue weighted by Gasteiger charge is -2.33. The largest absolute Gasteiger partial charge is 0.491 e. The van der Waals surface area contributed by atoms with E-state index in [0.29, 0.717) is 26.2 Å². The summed E-state index contributed by atoms with van der Waals surface area (Å²) in [5.41, 5.74) is 1.53. The zero-order valence-electron chi connectivity index (χ0n) is 15.5. The number of carbonyl (C=O) groups excluding carboxylic acids is 1. The molecule has 0 atom stereocenters. The molecular formula is C19H20F2N4O3. The highest BCUT2D eigenvalue weighted by Gasteiger charge is 2.29. The molecule has 0 N–H and O–H groups in total. The Labute approximate surface area is 160 Å². The molecule has 0 bridgehead atoms. The fourth-order valence-electron chi connectivity index (χ4n) is 3.61. The van der Waals surface area contributed by atoms with Crippen LogP contribution in [0.2, 0.25) is 0 Å². The van der Waals surface area contributed by atoms with Gasteiger partial charge in [0, 0.05) is 25.2 Å². The lowest BCUT2D eigenvalue weighted by atomic mass is 10.0. The first-order valence-electron chi connectivity index (χ1n) is 9.07. The van der Waals surface area contributed by atoms with Crippen molar-refractivity contribution < 1.29 is 23.0 Å². The van der Waals surface area contributed by atoms with Crippen LogP contribution >= 0.6 is 0 Å². The van der Waals surface area contributed by atoms with Crippen molar-refractivity contribution >= 4 is 11.7 Å². The molecule has 0 aliphatic carbocycles. The molecule has 0 unspecified atom stereocenters. The zero-order chi connectivity index (χ0) is 19.7. The van der Waals surface area contributed by atoms with Crippen molar-refractivity contribution in [3.05, 3.63) is 46.9 Å². The van der Waals surface area contributed by atoms with Crippen molar-refractivity contribution in [3.8, 4) is 5.75 Å². The van der Waals surface area contributed by atoms with Crippen LogP contribution in [0.1, 0.15) is 21.6 Å². The average Bonchev–Trinajstić information content (AvgIpc) is 2.73. The number of halogens is 2. The summed E-state index contributed by atoms with van der Waals surface area (Å²) in [6, 6.07) is 2.18. The molecule has 9 heteroatoms. The second-order valence-corrected chi connectivity index (χ2v) is 6.64. The molecule has 7 nitrogen and oxygen atoms in total. The Morgan fingerprint density at radius 1 is 1.18 bits per heavy atom. The van der Waals surface area contributed by atoms with Crippen LogP contribution in [0, 0.1) is 11.6 Å². The molecule has 0 spiro atoms. The van der Waals surface area contributed by atoms with E-state index in [1.165, 1.54) is 11.2 Å². The van der Waals surface area contributed by atoms with Gasteiger partial charge in [-0.05, 0) is 18.6 Å². The number of methoxy groups -OCH3 is 1. The van der Waals surface area contributed by atoms with Gasteiger partial charge < -0.3 is 19.3 Å². The maximum Gasteiger partial charge on any atom is 0.257 e. The van der Waals surface area contributed by atoms with Gasteiger partial charge in [0.25, 0.3) is 5.91 Å². The number of benzene rings is 1. The third-order valence-corrected chi connectivity index (χ3v) is 5.07. The van der Waals surface area contributed by atoms with E-state index < -0.39 is 23.3 Å². The average molecular weight is 390 g/mol.